The van der Waals surface area contributed by atoms with E-state index in [-0.39, 0.29) is 76.5 Å². The van der Waals surface area contributed by atoms with Crippen LogP contribution in [0.1, 0.15) is 120 Å². The lowest BCUT2D eigenvalue weighted by molar-refractivity contribution is -0.212. The van der Waals surface area contributed by atoms with Crippen molar-refractivity contribution in [1.82, 2.24) is 10.2 Å². The Bertz CT molecular complexity index is 1370. The van der Waals surface area contributed by atoms with Crippen molar-refractivity contribution in [3.05, 3.63) is 24.3 Å². The van der Waals surface area contributed by atoms with E-state index in [1.165, 1.54) is 19.6 Å². The summed E-state index contributed by atoms with van der Waals surface area (Å²) in [5.74, 6) is 0.0544. The van der Waals surface area contributed by atoms with Crippen LogP contribution >= 0.6 is 0 Å². The fourth-order valence-electron chi connectivity index (χ4n) is 12.2. The van der Waals surface area contributed by atoms with Gasteiger partial charge in [-0.25, -0.2) is 0 Å². The molecule has 0 bridgehead atoms. The Morgan fingerprint density at radius 1 is 0.958 bits per heavy atom. The van der Waals surface area contributed by atoms with E-state index in [0.717, 1.165) is 64.2 Å². The number of hydrogen-bond donors (Lipinski definition) is 1. The van der Waals surface area contributed by atoms with E-state index in [1.807, 2.05) is 0 Å². The zero-order chi connectivity index (χ0) is 35.5. The van der Waals surface area contributed by atoms with Crippen LogP contribution in [0.2, 0.25) is 0 Å². The standard InChI is InChI=1S/C40H62N2O6/c1-11-22-42(25-32(44)41-24-33(45)47-10)34(46)40-20-18-35(3,4)23-28(40)27-12-13-30-37(7)16-15-31(48-26(2)43)36(5,6)29(37)14-17-39(30,9)38(27,8)19-21-40/h11-12,28-31H,1,13-25H2,2-10H3,(H,41,44)/t28-,29-,30+,31-,37-,38+,39+,40-/m0/s1. The summed E-state index contributed by atoms with van der Waals surface area (Å²) < 4.78 is 10.6. The zero-order valence-corrected chi connectivity index (χ0v) is 31.3. The molecule has 1 N–H and O–H groups in total. The summed E-state index contributed by atoms with van der Waals surface area (Å²) in [6.07, 6.45) is 13.9. The van der Waals surface area contributed by atoms with Crippen LogP contribution in [0.3, 0.4) is 0 Å². The molecule has 0 saturated heterocycles. The van der Waals surface area contributed by atoms with Crippen molar-refractivity contribution in [2.75, 3.05) is 26.7 Å². The average Bonchev–Trinajstić information content (AvgIpc) is 3.00. The second-order valence-corrected chi connectivity index (χ2v) is 18.2. The molecule has 48 heavy (non-hydrogen) atoms. The number of methoxy groups -OCH3 is 1. The molecule has 5 aliphatic rings. The number of esters is 2. The van der Waals surface area contributed by atoms with Crippen molar-refractivity contribution in [1.29, 1.82) is 0 Å². The normalized spacial score (nSPS) is 39.1. The lowest BCUT2D eigenvalue weighted by Gasteiger charge is -2.71. The lowest BCUT2D eigenvalue weighted by Crippen LogP contribution is -2.66. The Morgan fingerprint density at radius 2 is 1.65 bits per heavy atom. The number of fused-ring (bicyclic) bond motifs is 7. The number of carbonyl (C=O) groups excluding carboxylic acids is 4. The molecule has 2 amide bonds. The van der Waals surface area contributed by atoms with E-state index in [1.54, 1.807) is 11.0 Å². The maximum Gasteiger partial charge on any atom is 0.325 e. The molecule has 0 aromatic rings. The van der Waals surface area contributed by atoms with Gasteiger partial charge in [-0.3, -0.25) is 19.2 Å². The molecular formula is C40H62N2O6. The highest BCUT2D eigenvalue weighted by atomic mass is 16.5. The molecule has 0 spiro atoms. The van der Waals surface area contributed by atoms with E-state index < -0.39 is 11.4 Å². The minimum Gasteiger partial charge on any atom is -0.468 e. The SMILES string of the molecule is C=CCN(CC(=O)NCC(=O)OC)C(=O)[C@]12CCC(C)(C)C[C@H]1C1=CC[C@@H]3[C@@]4(C)CC[C@H](OC(C)=O)C(C)(C)[C@@H]4CC[C@@]3(C)[C@]1(C)CC2. The van der Waals surface area contributed by atoms with E-state index in [2.05, 4.69) is 71.2 Å². The summed E-state index contributed by atoms with van der Waals surface area (Å²) in [6.45, 7) is 22.4. The molecule has 5 aliphatic carbocycles. The molecule has 268 valence electrons. The molecule has 8 heteroatoms. The first kappa shape index (κ1) is 36.6. The van der Waals surface area contributed by atoms with Crippen molar-refractivity contribution < 1.29 is 28.7 Å². The molecule has 0 aromatic heterocycles. The van der Waals surface area contributed by atoms with E-state index in [9.17, 15) is 19.2 Å². The Morgan fingerprint density at radius 3 is 2.29 bits per heavy atom. The summed E-state index contributed by atoms with van der Waals surface area (Å²) in [5, 5.41) is 2.62. The third kappa shape index (κ3) is 5.75. The van der Waals surface area contributed by atoms with Gasteiger partial charge in [0.2, 0.25) is 11.8 Å². The molecule has 0 heterocycles. The van der Waals surface area contributed by atoms with Crippen molar-refractivity contribution in [2.24, 2.45) is 50.2 Å². The first-order chi connectivity index (χ1) is 22.3. The third-order valence-corrected chi connectivity index (χ3v) is 14.9. The zero-order valence-electron chi connectivity index (χ0n) is 31.3. The number of amides is 2. The summed E-state index contributed by atoms with van der Waals surface area (Å²) in [6, 6.07) is 0. The van der Waals surface area contributed by atoms with Crippen LogP contribution in [0.5, 0.6) is 0 Å². The van der Waals surface area contributed by atoms with Crippen molar-refractivity contribution in [3.63, 3.8) is 0 Å². The Balaban J connectivity index is 1.49. The van der Waals surface area contributed by atoms with E-state index in [0.29, 0.717) is 11.8 Å². The van der Waals surface area contributed by atoms with Gasteiger partial charge in [0.15, 0.2) is 0 Å². The maximum atomic E-state index is 14.9. The smallest absolute Gasteiger partial charge is 0.325 e. The summed E-state index contributed by atoms with van der Waals surface area (Å²) in [7, 11) is 1.29. The van der Waals surface area contributed by atoms with E-state index in [4.69, 9.17) is 4.74 Å². The molecule has 4 saturated carbocycles. The van der Waals surface area contributed by atoms with Gasteiger partial charge >= 0.3 is 11.9 Å². The molecule has 0 aromatic carbocycles. The quantitative estimate of drug-likeness (QED) is 0.221. The largest absolute Gasteiger partial charge is 0.468 e. The molecule has 4 fully saturated rings. The number of carbonyl (C=O) groups is 4. The lowest BCUT2D eigenvalue weighted by atomic mass is 9.33. The summed E-state index contributed by atoms with van der Waals surface area (Å²) >= 11 is 0. The number of rotatable bonds is 8. The van der Waals surface area contributed by atoms with Gasteiger partial charge in [0, 0.05) is 18.9 Å². The fraction of sp³-hybridized carbons (Fsp3) is 0.800. The second-order valence-electron chi connectivity index (χ2n) is 18.2. The van der Waals surface area contributed by atoms with Crippen LogP contribution < -0.4 is 5.32 Å². The van der Waals surface area contributed by atoms with Gasteiger partial charge in [0.05, 0.1) is 19.1 Å². The highest BCUT2D eigenvalue weighted by Gasteiger charge is 2.69. The maximum absolute atomic E-state index is 14.9. The van der Waals surface area contributed by atoms with E-state index >= 15 is 0 Å². The highest BCUT2D eigenvalue weighted by Crippen LogP contribution is 2.76. The number of hydrogen-bond acceptors (Lipinski definition) is 6. The number of nitrogens with zero attached hydrogens (tertiary/aromatic N) is 1. The summed E-state index contributed by atoms with van der Waals surface area (Å²) in [5.41, 5.74) is 1.10. The minimum atomic E-state index is -0.569. The Kier molecular flexibility index (Phi) is 9.62. The van der Waals surface area contributed by atoms with Gasteiger partial charge in [-0.1, -0.05) is 66.2 Å². The molecule has 0 unspecified atom stereocenters. The highest BCUT2D eigenvalue weighted by molar-refractivity contribution is 5.90. The van der Waals surface area contributed by atoms with Crippen molar-refractivity contribution in [2.45, 2.75) is 126 Å². The second kappa shape index (κ2) is 12.6. The minimum absolute atomic E-state index is 0.0379. The topological polar surface area (TPSA) is 102 Å². The molecule has 8 atom stereocenters. The van der Waals surface area contributed by atoms with Gasteiger partial charge < -0.3 is 19.7 Å². The predicted molar refractivity (Wildman–Crippen MR) is 186 cm³/mol. The van der Waals surface area contributed by atoms with Gasteiger partial charge in [-0.2, -0.15) is 0 Å². The average molecular weight is 667 g/mol. The van der Waals surface area contributed by atoms with Gasteiger partial charge in [-0.15, -0.1) is 6.58 Å². The van der Waals surface area contributed by atoms with Gasteiger partial charge in [-0.05, 0) is 104 Å². The molecule has 5 rings (SSSR count). The first-order valence-electron chi connectivity index (χ1n) is 18.4. The predicted octanol–water partition coefficient (Wildman–Crippen LogP) is 7.02. The van der Waals surface area contributed by atoms with Gasteiger partial charge in [0.1, 0.15) is 12.6 Å². The molecule has 0 radical (unpaired) electrons. The van der Waals surface area contributed by atoms with Crippen LogP contribution in [0.15, 0.2) is 24.3 Å². The van der Waals surface area contributed by atoms with Crippen LogP contribution in [0, 0.1) is 50.2 Å². The monoisotopic (exact) mass is 666 g/mol. The fourth-order valence-corrected chi connectivity index (χ4v) is 12.2. The number of ether oxygens (including phenoxy) is 2. The van der Waals surface area contributed by atoms with Gasteiger partial charge in [0.25, 0.3) is 0 Å². The Labute approximate surface area is 289 Å². The van der Waals surface area contributed by atoms with Crippen LogP contribution in [-0.2, 0) is 28.7 Å². The summed E-state index contributed by atoms with van der Waals surface area (Å²) in [4.78, 5) is 53.2. The van der Waals surface area contributed by atoms with Crippen molar-refractivity contribution >= 4 is 23.8 Å². The van der Waals surface area contributed by atoms with Crippen LogP contribution in [0.25, 0.3) is 0 Å². The van der Waals surface area contributed by atoms with Crippen LogP contribution in [0.4, 0.5) is 0 Å². The molecular weight excluding hydrogens is 604 g/mol. The first-order valence-corrected chi connectivity index (χ1v) is 18.4. The number of nitrogens with one attached hydrogen (secondary N) is 1. The Hall–Kier alpha value is -2.64. The molecule has 8 nitrogen and oxygen atoms in total. The van der Waals surface area contributed by atoms with Crippen LogP contribution in [-0.4, -0.2) is 61.5 Å². The molecule has 0 aliphatic heterocycles. The van der Waals surface area contributed by atoms with Crippen molar-refractivity contribution in [3.8, 4) is 0 Å². The number of allylic oxidation sites excluding steroid dienone is 2. The third-order valence-electron chi connectivity index (χ3n) is 14.9.